The summed E-state index contributed by atoms with van der Waals surface area (Å²) in [6.07, 6.45) is 3.35. The van der Waals surface area contributed by atoms with E-state index in [0.717, 1.165) is 30.5 Å². The molecule has 5 rings (SSSR count). The van der Waals surface area contributed by atoms with Gasteiger partial charge < -0.3 is 4.74 Å². The zero-order valence-electron chi connectivity index (χ0n) is 19.8. The summed E-state index contributed by atoms with van der Waals surface area (Å²) in [4.78, 5) is 0.0305. The number of ether oxygens (including phenoxy) is 1. The number of fused-ring (bicyclic) bond motifs is 3. The number of hydrogen-bond acceptors (Lipinski definition) is 4. The van der Waals surface area contributed by atoms with Crippen molar-refractivity contribution < 1.29 is 21.9 Å². The van der Waals surface area contributed by atoms with Gasteiger partial charge in [0.25, 0.3) is 10.0 Å². The van der Waals surface area contributed by atoms with Crippen molar-refractivity contribution >= 4 is 15.7 Å². The van der Waals surface area contributed by atoms with Crippen molar-refractivity contribution in [2.24, 2.45) is 5.92 Å². The number of rotatable bonds is 4. The summed E-state index contributed by atoms with van der Waals surface area (Å²) in [6, 6.07) is 6.17. The summed E-state index contributed by atoms with van der Waals surface area (Å²) in [5.41, 5.74) is 2.11. The second-order valence-electron chi connectivity index (χ2n) is 10.0. The van der Waals surface area contributed by atoms with Gasteiger partial charge in [0.2, 0.25) is 0 Å². The molecule has 0 amide bonds. The summed E-state index contributed by atoms with van der Waals surface area (Å²) < 4.78 is 65.7. The molecule has 1 saturated carbocycles. The standard InChI is InChI=1S/C25H27F2N3O3S/c1-14-6-9-16(10-22(14)33-5)34(31,32)29-21-12-20(27)19(26)11-17(21)24-18(23(29)15-7-8-15)13-28-30(24)25(2,3)4/h6,9-13,15,23H,7-8H2,1-5H3/t23-/m1/s1. The molecule has 3 aromatic rings. The Kier molecular flexibility index (Phi) is 5.06. The molecule has 0 bridgehead atoms. The molecule has 2 aliphatic rings. The molecule has 180 valence electrons. The Labute approximate surface area is 198 Å². The molecule has 2 aromatic carbocycles. The zero-order valence-corrected chi connectivity index (χ0v) is 20.6. The fraction of sp³-hybridized carbons (Fsp3) is 0.400. The third-order valence-electron chi connectivity index (χ3n) is 6.54. The normalized spacial score (nSPS) is 18.0. The van der Waals surface area contributed by atoms with Gasteiger partial charge in [-0.25, -0.2) is 17.2 Å². The van der Waals surface area contributed by atoms with Crippen LogP contribution in [0.4, 0.5) is 14.5 Å². The number of aromatic nitrogens is 2. The summed E-state index contributed by atoms with van der Waals surface area (Å²) >= 11 is 0. The van der Waals surface area contributed by atoms with Gasteiger partial charge >= 0.3 is 0 Å². The Morgan fingerprint density at radius 3 is 2.38 bits per heavy atom. The number of methoxy groups -OCH3 is 1. The van der Waals surface area contributed by atoms with Crippen LogP contribution in [0.5, 0.6) is 5.75 Å². The first-order chi connectivity index (χ1) is 15.9. The van der Waals surface area contributed by atoms with Crippen molar-refractivity contribution in [2.75, 3.05) is 11.4 Å². The summed E-state index contributed by atoms with van der Waals surface area (Å²) in [5.74, 6) is -1.64. The van der Waals surface area contributed by atoms with Gasteiger partial charge in [-0.15, -0.1) is 0 Å². The molecule has 0 N–H and O–H groups in total. The molecule has 34 heavy (non-hydrogen) atoms. The number of benzene rings is 2. The van der Waals surface area contributed by atoms with Gasteiger partial charge in [0.05, 0.1) is 41.2 Å². The van der Waals surface area contributed by atoms with E-state index in [2.05, 4.69) is 5.10 Å². The maximum Gasteiger partial charge on any atom is 0.265 e. The van der Waals surface area contributed by atoms with Crippen molar-refractivity contribution in [3.8, 4) is 17.0 Å². The van der Waals surface area contributed by atoms with Crippen molar-refractivity contribution in [2.45, 2.75) is 57.0 Å². The van der Waals surface area contributed by atoms with E-state index in [1.807, 2.05) is 27.7 Å². The van der Waals surface area contributed by atoms with Crippen LogP contribution in [0.1, 0.15) is 50.8 Å². The Bertz CT molecular complexity index is 1410. The van der Waals surface area contributed by atoms with Crippen LogP contribution in [-0.2, 0) is 15.6 Å². The highest BCUT2D eigenvalue weighted by Crippen LogP contribution is 2.56. The van der Waals surface area contributed by atoms with E-state index in [0.29, 0.717) is 22.6 Å². The fourth-order valence-electron chi connectivity index (χ4n) is 4.75. The number of aryl methyl sites for hydroxylation is 1. The van der Waals surface area contributed by atoms with Crippen molar-refractivity contribution in [1.29, 1.82) is 0 Å². The van der Waals surface area contributed by atoms with Crippen LogP contribution in [0.2, 0.25) is 0 Å². The lowest BCUT2D eigenvalue weighted by molar-refractivity contribution is 0.359. The second kappa shape index (κ2) is 7.53. The number of nitrogens with zero attached hydrogens (tertiary/aromatic N) is 3. The van der Waals surface area contributed by atoms with E-state index in [4.69, 9.17) is 4.74 Å². The molecule has 1 aliphatic carbocycles. The lowest BCUT2D eigenvalue weighted by Gasteiger charge is -2.39. The highest BCUT2D eigenvalue weighted by atomic mass is 32.2. The van der Waals surface area contributed by atoms with Crippen molar-refractivity contribution in [3.05, 3.63) is 59.3 Å². The summed E-state index contributed by atoms with van der Waals surface area (Å²) in [6.45, 7) is 7.72. The molecule has 0 spiro atoms. The minimum Gasteiger partial charge on any atom is -0.496 e. The number of hydrogen-bond donors (Lipinski definition) is 0. The van der Waals surface area contributed by atoms with Gasteiger partial charge in [0.15, 0.2) is 11.6 Å². The quantitative estimate of drug-likeness (QED) is 0.483. The van der Waals surface area contributed by atoms with E-state index < -0.39 is 33.2 Å². The molecule has 1 atom stereocenters. The third kappa shape index (κ3) is 3.40. The first-order valence-corrected chi connectivity index (χ1v) is 12.7. The molecule has 0 saturated heterocycles. The minimum absolute atomic E-state index is 0.0305. The summed E-state index contributed by atoms with van der Waals surface area (Å²) in [7, 11) is -2.67. The van der Waals surface area contributed by atoms with Crippen LogP contribution in [0.25, 0.3) is 11.3 Å². The molecule has 2 heterocycles. The highest BCUT2D eigenvalue weighted by Gasteiger charge is 2.48. The predicted molar refractivity (Wildman–Crippen MR) is 125 cm³/mol. The second-order valence-corrected chi connectivity index (χ2v) is 11.8. The monoisotopic (exact) mass is 487 g/mol. The van der Waals surface area contributed by atoms with Gasteiger partial charge in [0, 0.05) is 23.3 Å². The average molecular weight is 488 g/mol. The van der Waals surface area contributed by atoms with Crippen LogP contribution in [0, 0.1) is 24.5 Å². The van der Waals surface area contributed by atoms with Crippen LogP contribution in [0.15, 0.2) is 41.4 Å². The topological polar surface area (TPSA) is 64.4 Å². The Morgan fingerprint density at radius 1 is 1.09 bits per heavy atom. The maximum absolute atomic E-state index is 14.6. The van der Waals surface area contributed by atoms with Crippen molar-refractivity contribution in [3.63, 3.8) is 0 Å². The maximum atomic E-state index is 14.6. The lowest BCUT2D eigenvalue weighted by Crippen LogP contribution is -2.39. The van der Waals surface area contributed by atoms with Crippen LogP contribution >= 0.6 is 0 Å². The van der Waals surface area contributed by atoms with E-state index in [1.165, 1.54) is 23.5 Å². The van der Waals surface area contributed by atoms with Gasteiger partial charge in [0.1, 0.15) is 5.75 Å². The van der Waals surface area contributed by atoms with Crippen LogP contribution < -0.4 is 9.04 Å². The van der Waals surface area contributed by atoms with Crippen molar-refractivity contribution in [1.82, 2.24) is 9.78 Å². The minimum atomic E-state index is -4.15. The number of anilines is 1. The molecule has 0 radical (unpaired) electrons. The molecular formula is C25H27F2N3O3S. The van der Waals surface area contributed by atoms with Crippen LogP contribution in [-0.4, -0.2) is 25.3 Å². The SMILES string of the molecule is COc1cc(S(=O)(=O)N2c3cc(F)c(F)cc3-c3c(cnn3C(C)(C)C)[C@H]2C2CC2)ccc1C. The van der Waals surface area contributed by atoms with Gasteiger partial charge in [-0.05, 0) is 64.2 Å². The highest BCUT2D eigenvalue weighted by molar-refractivity contribution is 7.92. The summed E-state index contributed by atoms with van der Waals surface area (Å²) in [5, 5.41) is 4.57. The van der Waals surface area contributed by atoms with Gasteiger partial charge in [-0.2, -0.15) is 5.10 Å². The largest absolute Gasteiger partial charge is 0.496 e. The smallest absolute Gasteiger partial charge is 0.265 e. The molecule has 9 heteroatoms. The molecular weight excluding hydrogens is 460 g/mol. The molecule has 1 aliphatic heterocycles. The van der Waals surface area contributed by atoms with Gasteiger partial charge in [-0.3, -0.25) is 8.99 Å². The van der Waals surface area contributed by atoms with E-state index in [9.17, 15) is 17.2 Å². The first kappa shape index (κ1) is 22.8. The van der Waals surface area contributed by atoms with E-state index >= 15 is 0 Å². The third-order valence-corrected chi connectivity index (χ3v) is 8.33. The molecule has 1 fully saturated rings. The molecule has 0 unspecified atom stereocenters. The first-order valence-electron chi connectivity index (χ1n) is 11.2. The molecule has 1 aromatic heterocycles. The number of halogens is 2. The average Bonchev–Trinajstić information content (AvgIpc) is 3.50. The number of sulfonamides is 1. The lowest BCUT2D eigenvalue weighted by atomic mass is 9.92. The Morgan fingerprint density at radius 2 is 1.76 bits per heavy atom. The van der Waals surface area contributed by atoms with E-state index in [-0.39, 0.29) is 16.5 Å². The fourth-order valence-corrected chi connectivity index (χ4v) is 6.47. The predicted octanol–water partition coefficient (Wildman–Crippen LogP) is 5.56. The zero-order chi connectivity index (χ0) is 24.6. The molecule has 6 nitrogen and oxygen atoms in total. The Hall–Kier alpha value is -2.94. The van der Waals surface area contributed by atoms with Crippen LogP contribution in [0.3, 0.4) is 0 Å². The van der Waals surface area contributed by atoms with E-state index in [1.54, 1.807) is 16.9 Å². The van der Waals surface area contributed by atoms with Gasteiger partial charge in [-0.1, -0.05) is 6.07 Å². The Balaban J connectivity index is 1.81.